The number of pyridine rings is 1. The largest absolute Gasteiger partial charge is 0.346 e. The van der Waals surface area contributed by atoms with Crippen LogP contribution in [-0.4, -0.2) is 20.4 Å². The second-order valence-corrected chi connectivity index (χ2v) is 4.70. The Morgan fingerprint density at radius 1 is 1.23 bits per heavy atom. The summed E-state index contributed by atoms with van der Waals surface area (Å²) in [7, 11) is 0. The van der Waals surface area contributed by atoms with Gasteiger partial charge < -0.3 is 5.32 Å². The summed E-state index contributed by atoms with van der Waals surface area (Å²) in [4.78, 5) is 22.2. The molecule has 0 spiro atoms. The van der Waals surface area contributed by atoms with Gasteiger partial charge >= 0.3 is 0 Å². The van der Waals surface area contributed by atoms with Crippen molar-refractivity contribution in [2.24, 2.45) is 0 Å². The van der Waals surface area contributed by atoms with Gasteiger partial charge in [-0.3, -0.25) is 14.9 Å². The van der Waals surface area contributed by atoms with Crippen molar-refractivity contribution in [1.29, 1.82) is 0 Å². The number of amides is 1. The molecule has 0 saturated heterocycles. The Labute approximate surface area is 125 Å². The van der Waals surface area contributed by atoms with Crippen molar-refractivity contribution < 1.29 is 9.72 Å². The number of nitrogens with zero attached hydrogens (tertiary/aromatic N) is 3. The zero-order valence-corrected chi connectivity index (χ0v) is 11.5. The standard InChI is InChI=1S/C15H12N4O3/c20-15(11-4-3-6-14(8-11)19(21)22)16-10-12-9-13-5-1-2-7-18(13)17-12/h1-9H,10H2,(H,16,20). The maximum absolute atomic E-state index is 12.0. The van der Waals surface area contributed by atoms with E-state index in [2.05, 4.69) is 10.4 Å². The van der Waals surface area contributed by atoms with Gasteiger partial charge in [0.1, 0.15) is 0 Å². The van der Waals surface area contributed by atoms with E-state index in [1.165, 1.54) is 24.3 Å². The topological polar surface area (TPSA) is 89.5 Å². The Balaban J connectivity index is 1.71. The summed E-state index contributed by atoms with van der Waals surface area (Å²) in [6, 6.07) is 13.2. The first-order valence-electron chi connectivity index (χ1n) is 6.59. The fourth-order valence-corrected chi connectivity index (χ4v) is 2.11. The molecule has 0 atom stereocenters. The number of aromatic nitrogens is 2. The van der Waals surface area contributed by atoms with Gasteiger partial charge in [0.2, 0.25) is 0 Å². The van der Waals surface area contributed by atoms with E-state index in [1.807, 2.05) is 30.5 Å². The number of carbonyl (C=O) groups is 1. The highest BCUT2D eigenvalue weighted by atomic mass is 16.6. The van der Waals surface area contributed by atoms with Gasteiger partial charge in [0.25, 0.3) is 11.6 Å². The minimum atomic E-state index is -0.529. The molecule has 7 nitrogen and oxygen atoms in total. The van der Waals surface area contributed by atoms with E-state index >= 15 is 0 Å². The van der Waals surface area contributed by atoms with Gasteiger partial charge in [-0.05, 0) is 24.3 Å². The summed E-state index contributed by atoms with van der Waals surface area (Å²) in [6.07, 6.45) is 1.82. The van der Waals surface area contributed by atoms with Gasteiger partial charge in [0.05, 0.1) is 22.7 Å². The van der Waals surface area contributed by atoms with Crippen LogP contribution in [0.25, 0.3) is 5.52 Å². The number of nitro benzene ring substituents is 1. The molecule has 1 amide bonds. The molecule has 0 saturated carbocycles. The predicted molar refractivity (Wildman–Crippen MR) is 79.5 cm³/mol. The molecule has 0 aliphatic heterocycles. The van der Waals surface area contributed by atoms with E-state index < -0.39 is 4.92 Å². The molecule has 0 aliphatic rings. The van der Waals surface area contributed by atoms with Crippen LogP contribution in [0.2, 0.25) is 0 Å². The molecular formula is C15H12N4O3. The summed E-state index contributed by atoms with van der Waals surface area (Å²) in [5, 5.41) is 17.7. The van der Waals surface area contributed by atoms with Crippen LogP contribution in [0, 0.1) is 10.1 Å². The minimum absolute atomic E-state index is 0.111. The molecule has 7 heteroatoms. The van der Waals surface area contributed by atoms with Gasteiger partial charge in [-0.25, -0.2) is 4.52 Å². The predicted octanol–water partition coefficient (Wildman–Crippen LogP) is 2.17. The van der Waals surface area contributed by atoms with Crippen LogP contribution < -0.4 is 5.32 Å². The number of nitrogens with one attached hydrogen (secondary N) is 1. The zero-order valence-electron chi connectivity index (χ0n) is 11.5. The summed E-state index contributed by atoms with van der Waals surface area (Å²) in [5.74, 6) is -0.374. The van der Waals surface area contributed by atoms with Crippen LogP contribution in [0.3, 0.4) is 0 Å². The fraction of sp³-hybridized carbons (Fsp3) is 0.0667. The molecule has 0 unspecified atom stereocenters. The van der Waals surface area contributed by atoms with Crippen LogP contribution in [0.15, 0.2) is 54.7 Å². The molecule has 110 valence electrons. The molecular weight excluding hydrogens is 284 g/mol. The van der Waals surface area contributed by atoms with Crippen molar-refractivity contribution >= 4 is 17.1 Å². The molecule has 3 aromatic rings. The number of non-ortho nitro benzene ring substituents is 1. The number of hydrogen-bond acceptors (Lipinski definition) is 4. The lowest BCUT2D eigenvalue weighted by Gasteiger charge is -2.03. The van der Waals surface area contributed by atoms with Gasteiger partial charge in [-0.15, -0.1) is 0 Å². The number of fused-ring (bicyclic) bond motifs is 1. The molecule has 22 heavy (non-hydrogen) atoms. The van der Waals surface area contributed by atoms with Crippen molar-refractivity contribution in [2.75, 3.05) is 0 Å². The van der Waals surface area contributed by atoms with Crippen molar-refractivity contribution in [1.82, 2.24) is 14.9 Å². The average molecular weight is 296 g/mol. The summed E-state index contributed by atoms with van der Waals surface area (Å²) >= 11 is 0. The molecule has 3 rings (SSSR count). The molecule has 2 heterocycles. The fourth-order valence-electron chi connectivity index (χ4n) is 2.11. The van der Waals surface area contributed by atoms with Crippen molar-refractivity contribution in [3.63, 3.8) is 0 Å². The van der Waals surface area contributed by atoms with E-state index in [-0.39, 0.29) is 23.7 Å². The maximum atomic E-state index is 12.0. The van der Waals surface area contributed by atoms with Crippen LogP contribution in [-0.2, 0) is 6.54 Å². The highest BCUT2D eigenvalue weighted by Gasteiger charge is 2.11. The first-order valence-corrected chi connectivity index (χ1v) is 6.59. The third kappa shape index (κ3) is 2.78. The molecule has 0 radical (unpaired) electrons. The van der Waals surface area contributed by atoms with E-state index in [9.17, 15) is 14.9 Å². The van der Waals surface area contributed by atoms with Crippen LogP contribution in [0.4, 0.5) is 5.69 Å². The zero-order chi connectivity index (χ0) is 15.5. The highest BCUT2D eigenvalue weighted by molar-refractivity contribution is 5.94. The Hall–Kier alpha value is -3.22. The molecule has 0 aliphatic carbocycles. The third-order valence-electron chi connectivity index (χ3n) is 3.17. The lowest BCUT2D eigenvalue weighted by molar-refractivity contribution is -0.384. The first kappa shape index (κ1) is 13.7. The van der Waals surface area contributed by atoms with E-state index in [0.717, 1.165) is 5.52 Å². The normalized spacial score (nSPS) is 10.5. The monoisotopic (exact) mass is 296 g/mol. The minimum Gasteiger partial charge on any atom is -0.346 e. The van der Waals surface area contributed by atoms with Crippen LogP contribution >= 0.6 is 0 Å². The van der Waals surface area contributed by atoms with Gasteiger partial charge in [-0.1, -0.05) is 12.1 Å². The number of benzene rings is 1. The Kier molecular flexibility index (Phi) is 3.53. The van der Waals surface area contributed by atoms with Crippen molar-refractivity contribution in [2.45, 2.75) is 6.54 Å². The van der Waals surface area contributed by atoms with Gasteiger partial charge in [0.15, 0.2) is 0 Å². The van der Waals surface area contributed by atoms with Gasteiger partial charge in [0, 0.05) is 23.9 Å². The third-order valence-corrected chi connectivity index (χ3v) is 3.17. The molecule has 1 N–H and O–H groups in total. The Bertz CT molecular complexity index is 824. The number of carbonyl (C=O) groups excluding carboxylic acids is 1. The smallest absolute Gasteiger partial charge is 0.270 e. The number of hydrogen-bond donors (Lipinski definition) is 1. The number of rotatable bonds is 4. The SMILES string of the molecule is O=C(NCc1cc2ccccn2n1)c1cccc([N+](=O)[O-])c1. The maximum Gasteiger partial charge on any atom is 0.270 e. The molecule has 2 aromatic heterocycles. The van der Waals surface area contributed by atoms with Crippen molar-refractivity contribution in [3.05, 3.63) is 76.1 Å². The Morgan fingerprint density at radius 2 is 2.09 bits per heavy atom. The van der Waals surface area contributed by atoms with Crippen LogP contribution in [0.5, 0.6) is 0 Å². The summed E-state index contributed by atoms with van der Waals surface area (Å²) in [6.45, 7) is 0.253. The average Bonchev–Trinajstić information content (AvgIpc) is 2.95. The molecule has 0 fully saturated rings. The van der Waals surface area contributed by atoms with Crippen LogP contribution in [0.1, 0.15) is 16.1 Å². The van der Waals surface area contributed by atoms with E-state index in [0.29, 0.717) is 5.69 Å². The quantitative estimate of drug-likeness (QED) is 0.590. The molecule has 0 bridgehead atoms. The first-order chi connectivity index (χ1) is 10.6. The van der Waals surface area contributed by atoms with E-state index in [1.54, 1.807) is 4.52 Å². The van der Waals surface area contributed by atoms with E-state index in [4.69, 9.17) is 0 Å². The lowest BCUT2D eigenvalue weighted by Crippen LogP contribution is -2.23. The Morgan fingerprint density at radius 3 is 2.86 bits per heavy atom. The molecule has 1 aromatic carbocycles. The highest BCUT2D eigenvalue weighted by Crippen LogP contribution is 2.13. The van der Waals surface area contributed by atoms with Crippen molar-refractivity contribution in [3.8, 4) is 0 Å². The number of nitro groups is 1. The lowest BCUT2D eigenvalue weighted by atomic mass is 10.2. The second-order valence-electron chi connectivity index (χ2n) is 4.70. The summed E-state index contributed by atoms with van der Waals surface area (Å²) < 4.78 is 1.72. The second kappa shape index (κ2) is 5.65. The summed E-state index contributed by atoms with van der Waals surface area (Å²) in [5.41, 5.74) is 1.78. The van der Waals surface area contributed by atoms with Gasteiger partial charge in [-0.2, -0.15) is 5.10 Å².